The molecule has 6 nitrogen and oxygen atoms in total. The molecule has 0 spiro atoms. The second-order valence-electron chi connectivity index (χ2n) is 3.41. The summed E-state index contributed by atoms with van der Waals surface area (Å²) < 4.78 is 0. The molecule has 0 unspecified atom stereocenters. The van der Waals surface area contributed by atoms with Crippen molar-refractivity contribution in [2.75, 3.05) is 5.32 Å². The van der Waals surface area contributed by atoms with E-state index < -0.39 is 5.97 Å². The van der Waals surface area contributed by atoms with Crippen molar-refractivity contribution in [1.29, 1.82) is 0 Å². The molecule has 3 N–H and O–H groups in total. The highest BCUT2D eigenvalue weighted by Crippen LogP contribution is 2.20. The molecule has 18 heavy (non-hydrogen) atoms. The molecule has 92 valence electrons. The molecule has 2 rings (SSSR count). The molecular weight excluding hydrogens is 258 g/mol. The molecule has 1 aromatic carbocycles. The van der Waals surface area contributed by atoms with E-state index in [0.717, 1.165) is 0 Å². The van der Waals surface area contributed by atoms with Crippen LogP contribution in [-0.4, -0.2) is 26.4 Å². The van der Waals surface area contributed by atoms with Gasteiger partial charge in [-0.25, -0.2) is 4.79 Å². The number of phenols is 1. The molecule has 0 radical (unpaired) electrons. The van der Waals surface area contributed by atoms with Crippen LogP contribution in [0.1, 0.15) is 10.4 Å². The Morgan fingerprint density at radius 3 is 2.50 bits per heavy atom. The number of aromatic hydroxyl groups is 1. The third-order valence-corrected chi connectivity index (χ3v) is 2.40. The number of hydrogen-bond donors (Lipinski definition) is 3. The van der Waals surface area contributed by atoms with Crippen molar-refractivity contribution in [2.24, 2.45) is 0 Å². The van der Waals surface area contributed by atoms with Crippen molar-refractivity contribution in [1.82, 2.24) is 10.2 Å². The van der Waals surface area contributed by atoms with Gasteiger partial charge >= 0.3 is 5.97 Å². The first-order valence-electron chi connectivity index (χ1n) is 4.89. The Morgan fingerprint density at radius 2 is 1.89 bits per heavy atom. The average Bonchev–Trinajstić information content (AvgIpc) is 2.34. The van der Waals surface area contributed by atoms with Gasteiger partial charge in [-0.15, -0.1) is 10.2 Å². The molecule has 1 heterocycles. The standard InChI is InChI=1S/C11H8ClN3O3/c12-10-8(11(17)18)5-9(14-15-10)13-6-1-3-7(16)4-2-6/h1-5,16H,(H,13,14)(H,17,18). The Balaban J connectivity index is 2.27. The van der Waals surface area contributed by atoms with E-state index in [2.05, 4.69) is 15.5 Å². The number of nitrogens with zero attached hydrogens (tertiary/aromatic N) is 2. The molecule has 0 saturated carbocycles. The van der Waals surface area contributed by atoms with Gasteiger partial charge in [0.1, 0.15) is 11.3 Å². The van der Waals surface area contributed by atoms with Gasteiger partial charge in [0.25, 0.3) is 0 Å². The molecule has 0 fully saturated rings. The van der Waals surface area contributed by atoms with Crippen molar-refractivity contribution >= 4 is 29.1 Å². The van der Waals surface area contributed by atoms with Gasteiger partial charge in [-0.3, -0.25) is 0 Å². The van der Waals surface area contributed by atoms with Crippen molar-refractivity contribution in [3.05, 3.63) is 41.0 Å². The Hall–Kier alpha value is -2.34. The van der Waals surface area contributed by atoms with Gasteiger partial charge < -0.3 is 15.5 Å². The number of hydrogen-bond acceptors (Lipinski definition) is 5. The number of carboxylic acid groups (broad SMARTS) is 1. The van der Waals surface area contributed by atoms with E-state index in [1.54, 1.807) is 12.1 Å². The minimum Gasteiger partial charge on any atom is -0.508 e. The first kappa shape index (κ1) is 12.1. The fraction of sp³-hybridized carbons (Fsp3) is 0. The van der Waals surface area contributed by atoms with Crippen molar-refractivity contribution in [3.63, 3.8) is 0 Å². The lowest BCUT2D eigenvalue weighted by molar-refractivity contribution is 0.0696. The Bertz CT molecular complexity index is 587. The second-order valence-corrected chi connectivity index (χ2v) is 3.77. The summed E-state index contributed by atoms with van der Waals surface area (Å²) in [7, 11) is 0. The summed E-state index contributed by atoms with van der Waals surface area (Å²) in [5.41, 5.74) is 0.508. The quantitative estimate of drug-likeness (QED) is 0.737. The summed E-state index contributed by atoms with van der Waals surface area (Å²) in [6.45, 7) is 0. The van der Waals surface area contributed by atoms with Crippen LogP contribution >= 0.6 is 11.6 Å². The molecule has 2 aromatic rings. The van der Waals surface area contributed by atoms with Crippen LogP contribution in [0.15, 0.2) is 30.3 Å². The minimum absolute atomic E-state index is 0.132. The summed E-state index contributed by atoms with van der Waals surface area (Å²) in [6, 6.07) is 7.50. The summed E-state index contributed by atoms with van der Waals surface area (Å²) in [5.74, 6) is -0.792. The Morgan fingerprint density at radius 1 is 1.22 bits per heavy atom. The van der Waals surface area contributed by atoms with E-state index in [9.17, 15) is 4.79 Å². The number of rotatable bonds is 3. The molecule has 0 aliphatic heterocycles. The third kappa shape index (κ3) is 2.67. The van der Waals surface area contributed by atoms with Crippen molar-refractivity contribution < 1.29 is 15.0 Å². The van der Waals surface area contributed by atoms with Crippen LogP contribution in [-0.2, 0) is 0 Å². The Kier molecular flexibility index (Phi) is 3.29. The predicted octanol–water partition coefficient (Wildman–Crippen LogP) is 2.28. The van der Waals surface area contributed by atoms with Crippen molar-refractivity contribution in [2.45, 2.75) is 0 Å². The van der Waals surface area contributed by atoms with Gasteiger partial charge in [-0.1, -0.05) is 11.6 Å². The molecule has 0 saturated heterocycles. The number of benzene rings is 1. The number of aromatic nitrogens is 2. The highest BCUT2D eigenvalue weighted by Gasteiger charge is 2.12. The largest absolute Gasteiger partial charge is 0.508 e. The van der Waals surface area contributed by atoms with Crippen LogP contribution in [0.2, 0.25) is 5.15 Å². The molecule has 1 aromatic heterocycles. The highest BCUT2D eigenvalue weighted by atomic mass is 35.5. The van der Waals surface area contributed by atoms with Gasteiger partial charge in [-0.2, -0.15) is 0 Å². The Labute approximate surface area is 107 Å². The maximum atomic E-state index is 10.9. The molecule has 0 bridgehead atoms. The summed E-state index contributed by atoms with van der Waals surface area (Å²) in [6.07, 6.45) is 0. The first-order valence-corrected chi connectivity index (χ1v) is 5.26. The average molecular weight is 266 g/mol. The first-order chi connectivity index (χ1) is 8.56. The number of nitrogens with one attached hydrogen (secondary N) is 1. The number of halogens is 1. The zero-order chi connectivity index (χ0) is 13.1. The zero-order valence-corrected chi connectivity index (χ0v) is 9.72. The van der Waals surface area contributed by atoms with E-state index in [4.69, 9.17) is 21.8 Å². The van der Waals surface area contributed by atoms with E-state index >= 15 is 0 Å². The number of phenolic OH excluding ortho intramolecular Hbond substituents is 1. The van der Waals surface area contributed by atoms with E-state index in [1.807, 2.05) is 0 Å². The lowest BCUT2D eigenvalue weighted by Gasteiger charge is -2.06. The van der Waals surface area contributed by atoms with Gasteiger partial charge in [-0.05, 0) is 24.3 Å². The summed E-state index contributed by atoms with van der Waals surface area (Å²) in [4.78, 5) is 10.9. The predicted molar refractivity (Wildman–Crippen MR) is 65.4 cm³/mol. The maximum Gasteiger partial charge on any atom is 0.339 e. The van der Waals surface area contributed by atoms with Crippen LogP contribution in [0.3, 0.4) is 0 Å². The highest BCUT2D eigenvalue weighted by molar-refractivity contribution is 6.32. The normalized spacial score (nSPS) is 10.1. The monoisotopic (exact) mass is 265 g/mol. The van der Waals surface area contributed by atoms with Gasteiger partial charge in [0.2, 0.25) is 0 Å². The van der Waals surface area contributed by atoms with Crippen LogP contribution in [0.25, 0.3) is 0 Å². The number of aromatic carboxylic acids is 1. The SMILES string of the molecule is O=C(O)c1cc(Nc2ccc(O)cc2)nnc1Cl. The lowest BCUT2D eigenvalue weighted by Crippen LogP contribution is -2.03. The van der Waals surface area contributed by atoms with Crippen LogP contribution in [0.5, 0.6) is 5.75 Å². The van der Waals surface area contributed by atoms with Gasteiger partial charge in [0.05, 0.1) is 0 Å². The molecular formula is C11H8ClN3O3. The van der Waals surface area contributed by atoms with Gasteiger partial charge in [0, 0.05) is 11.8 Å². The fourth-order valence-electron chi connectivity index (χ4n) is 1.28. The van der Waals surface area contributed by atoms with Crippen LogP contribution in [0, 0.1) is 0 Å². The van der Waals surface area contributed by atoms with Gasteiger partial charge in [0.15, 0.2) is 11.0 Å². The maximum absolute atomic E-state index is 10.9. The number of carboxylic acids is 1. The number of anilines is 2. The van der Waals surface area contributed by atoms with Crippen molar-refractivity contribution in [3.8, 4) is 5.75 Å². The van der Waals surface area contributed by atoms with E-state index in [-0.39, 0.29) is 22.3 Å². The molecule has 7 heteroatoms. The topological polar surface area (TPSA) is 95.3 Å². The minimum atomic E-state index is -1.18. The fourth-order valence-corrected chi connectivity index (χ4v) is 1.45. The molecule has 0 atom stereocenters. The second kappa shape index (κ2) is 4.89. The molecule has 0 aliphatic rings. The van der Waals surface area contributed by atoms with Crippen LogP contribution < -0.4 is 5.32 Å². The summed E-state index contributed by atoms with van der Waals surface area (Å²) in [5, 5.41) is 27.9. The lowest BCUT2D eigenvalue weighted by atomic mass is 10.3. The van der Waals surface area contributed by atoms with Crippen LogP contribution in [0.4, 0.5) is 11.5 Å². The van der Waals surface area contributed by atoms with E-state index in [1.165, 1.54) is 18.2 Å². The summed E-state index contributed by atoms with van der Waals surface area (Å²) >= 11 is 5.60. The number of carbonyl (C=O) groups is 1. The molecule has 0 amide bonds. The molecule has 0 aliphatic carbocycles. The van der Waals surface area contributed by atoms with E-state index in [0.29, 0.717) is 5.69 Å². The zero-order valence-electron chi connectivity index (χ0n) is 8.96. The smallest absolute Gasteiger partial charge is 0.339 e. The third-order valence-electron chi connectivity index (χ3n) is 2.12.